The molecule has 23 heavy (non-hydrogen) atoms. The minimum atomic E-state index is -4.67. The number of hydrazine groups is 1. The van der Waals surface area contributed by atoms with Gasteiger partial charge < -0.3 is 30.8 Å². The van der Waals surface area contributed by atoms with Crippen LogP contribution in [0.2, 0.25) is 0 Å². The van der Waals surface area contributed by atoms with Gasteiger partial charge >= 0.3 is 19.9 Å². The lowest BCUT2D eigenvalue weighted by Gasteiger charge is -2.26. The van der Waals surface area contributed by atoms with Crippen molar-refractivity contribution in [3.8, 4) is 0 Å². The number of halogens is 4. The first-order valence-corrected chi connectivity index (χ1v) is 6.98. The van der Waals surface area contributed by atoms with Crippen LogP contribution >= 0.6 is 0 Å². The Kier molecular flexibility index (Phi) is 2.52. The second-order valence-corrected chi connectivity index (χ2v) is 5.63. The maximum absolute atomic E-state index is 15.0. The van der Waals surface area contributed by atoms with Crippen LogP contribution in [0.3, 0.4) is 0 Å². The van der Waals surface area contributed by atoms with E-state index in [1.807, 2.05) is 0 Å². The molecular weight excluding hydrogens is 316 g/mol. The number of aromatic nitrogens is 1. The summed E-state index contributed by atoms with van der Waals surface area (Å²) >= 11 is 0. The Morgan fingerprint density at radius 1 is 1.17 bits per heavy atom. The molecule has 11 heteroatoms. The van der Waals surface area contributed by atoms with Gasteiger partial charge in [0.05, 0.1) is 12.0 Å². The Morgan fingerprint density at radius 3 is 2.57 bits per heavy atom. The lowest BCUT2D eigenvalue weighted by molar-refractivity contribution is -1.01. The van der Waals surface area contributed by atoms with E-state index in [4.69, 9.17) is 4.42 Å². The summed E-state index contributed by atoms with van der Waals surface area (Å²) in [5, 5.41) is 0. The zero-order chi connectivity index (χ0) is 16.6. The van der Waals surface area contributed by atoms with E-state index >= 15 is 8.63 Å². The van der Waals surface area contributed by atoms with Crippen LogP contribution in [0.1, 0.15) is 22.7 Å². The van der Waals surface area contributed by atoms with Gasteiger partial charge in [-0.1, -0.05) is 0 Å². The van der Waals surface area contributed by atoms with Crippen molar-refractivity contribution in [1.29, 1.82) is 0 Å². The van der Waals surface area contributed by atoms with E-state index in [0.29, 0.717) is 5.56 Å². The summed E-state index contributed by atoms with van der Waals surface area (Å²) in [7, 11) is -4.67. The highest BCUT2D eigenvalue weighted by molar-refractivity contribution is 6.61. The van der Waals surface area contributed by atoms with Gasteiger partial charge in [-0.15, -0.1) is 9.19 Å². The third kappa shape index (κ3) is 1.70. The van der Waals surface area contributed by atoms with E-state index in [-0.39, 0.29) is 26.3 Å². The molecule has 0 aliphatic carbocycles. The van der Waals surface area contributed by atoms with E-state index in [2.05, 4.69) is 4.65 Å². The molecule has 0 fully saturated rings. The topological polar surface area (TPSA) is 33.3 Å². The summed E-state index contributed by atoms with van der Waals surface area (Å²) < 4.78 is 69.1. The fourth-order valence-electron chi connectivity index (χ4n) is 3.16. The Hall–Kier alpha value is -2.45. The van der Waals surface area contributed by atoms with Gasteiger partial charge in [0.2, 0.25) is 5.76 Å². The maximum Gasteiger partial charge on any atom is 0.890 e. The lowest BCUT2D eigenvalue weighted by Crippen LogP contribution is -2.59. The van der Waals surface area contributed by atoms with Gasteiger partial charge in [-0.25, -0.2) is 0 Å². The molecule has 0 N–H and O–H groups in total. The normalized spacial score (nSPS) is 20.9. The SMILES string of the molecule is Cc1cc(C)n2c1C=[N+]1[N+](=C(c3ccco3)O[B-]1(F)F)[B-]2(F)F. The van der Waals surface area contributed by atoms with E-state index in [1.54, 1.807) is 6.92 Å². The molecule has 2 aliphatic heterocycles. The number of furan rings is 1. The molecule has 0 amide bonds. The molecule has 2 aliphatic rings. The molecule has 5 nitrogen and oxygen atoms in total. The number of fused-ring (bicyclic) bond motifs is 2. The molecule has 0 saturated heterocycles. The molecule has 120 valence electrons. The molecule has 2 aromatic rings. The minimum absolute atomic E-state index is 0.0367. The van der Waals surface area contributed by atoms with E-state index in [9.17, 15) is 8.63 Å². The third-order valence-corrected chi connectivity index (χ3v) is 4.08. The van der Waals surface area contributed by atoms with Crippen molar-refractivity contribution in [2.24, 2.45) is 0 Å². The largest absolute Gasteiger partial charge is 0.890 e. The lowest BCUT2D eigenvalue weighted by atomic mass is 9.93. The van der Waals surface area contributed by atoms with Crippen molar-refractivity contribution in [3.05, 3.63) is 47.2 Å². The third-order valence-electron chi connectivity index (χ3n) is 4.08. The zero-order valence-corrected chi connectivity index (χ0v) is 12.2. The monoisotopic (exact) mass is 327 g/mol. The summed E-state index contributed by atoms with van der Waals surface area (Å²) in [5.41, 5.74) is 0.802. The highest BCUT2D eigenvalue weighted by Gasteiger charge is 2.71. The maximum atomic E-state index is 15.0. The van der Waals surface area contributed by atoms with Gasteiger partial charge in [0.1, 0.15) is 0 Å². The summed E-state index contributed by atoms with van der Waals surface area (Å²) in [6.07, 6.45) is 2.19. The molecule has 0 atom stereocenters. The van der Waals surface area contributed by atoms with E-state index in [0.717, 1.165) is 10.7 Å². The average Bonchev–Trinajstić information content (AvgIpc) is 3.10. The first kappa shape index (κ1) is 14.2. The molecule has 0 unspecified atom stereocenters. The molecular formula is C12H11B2F4N3O2. The Labute approximate surface area is 128 Å². The Morgan fingerprint density at radius 2 is 1.91 bits per heavy atom. The fraction of sp³-hybridized carbons (Fsp3) is 0.167. The first-order valence-electron chi connectivity index (χ1n) is 6.98. The standard InChI is InChI=1S/C12H11B2F4N3O2/c1-8-6-9(2)20-10(8)7-19-14(17,18)23-12(11-4-3-5-22-11)21(19)13(20,15)16/h3-7H,1-2H3. The average molecular weight is 327 g/mol. The summed E-state index contributed by atoms with van der Waals surface area (Å²) in [6.45, 7) is -1.46. The van der Waals surface area contributed by atoms with Gasteiger partial charge in [0, 0.05) is 0 Å². The van der Waals surface area contributed by atoms with Crippen molar-refractivity contribution < 1.29 is 35.5 Å². The fourth-order valence-corrected chi connectivity index (χ4v) is 3.16. The Balaban J connectivity index is 2.08. The molecule has 0 bridgehead atoms. The number of aryl methyl sites for hydroxylation is 2. The molecule has 0 aromatic carbocycles. The summed E-state index contributed by atoms with van der Waals surface area (Å²) in [5.74, 6) is -0.883. The van der Waals surface area contributed by atoms with Crippen LogP contribution in [-0.2, 0) is 4.65 Å². The summed E-state index contributed by atoms with van der Waals surface area (Å²) in [6, 6.07) is 4.23. The molecule has 4 rings (SSSR count). The van der Waals surface area contributed by atoms with Crippen LogP contribution in [0.25, 0.3) is 0 Å². The number of hydrogen-bond donors (Lipinski definition) is 0. The van der Waals surface area contributed by atoms with Crippen molar-refractivity contribution in [2.75, 3.05) is 0 Å². The van der Waals surface area contributed by atoms with Gasteiger partial charge in [0.25, 0.3) is 0 Å². The molecule has 0 saturated carbocycles. The molecule has 0 radical (unpaired) electrons. The summed E-state index contributed by atoms with van der Waals surface area (Å²) in [4.78, 5) is 0. The first-order chi connectivity index (χ1) is 10.7. The Bertz CT molecular complexity index is 887. The van der Waals surface area contributed by atoms with Crippen molar-refractivity contribution in [1.82, 2.24) is 4.48 Å². The minimum Gasteiger partial charge on any atom is -0.544 e. The predicted molar refractivity (Wildman–Crippen MR) is 74.8 cm³/mol. The number of hydrazone groups is 2. The van der Waals surface area contributed by atoms with Crippen molar-refractivity contribution in [2.45, 2.75) is 13.8 Å². The van der Waals surface area contributed by atoms with Crippen molar-refractivity contribution >= 4 is 26.1 Å². The second kappa shape index (κ2) is 4.09. The number of hydrogen-bond acceptors (Lipinski definition) is 2. The van der Waals surface area contributed by atoms with Crippen LogP contribution < -0.4 is 0 Å². The van der Waals surface area contributed by atoms with Crippen LogP contribution in [0.4, 0.5) is 17.3 Å². The molecule has 2 aromatic heterocycles. The van der Waals surface area contributed by atoms with Crippen molar-refractivity contribution in [3.63, 3.8) is 0 Å². The number of nitrogens with zero attached hydrogens (tertiary/aromatic N) is 3. The van der Waals surface area contributed by atoms with Crippen LogP contribution in [0.5, 0.6) is 0 Å². The number of rotatable bonds is 1. The van der Waals surface area contributed by atoms with E-state index in [1.165, 1.54) is 31.4 Å². The van der Waals surface area contributed by atoms with Gasteiger partial charge in [0.15, 0.2) is 6.21 Å². The molecule has 4 heterocycles. The van der Waals surface area contributed by atoms with Crippen LogP contribution in [0.15, 0.2) is 28.9 Å². The zero-order valence-electron chi connectivity index (χ0n) is 12.2. The smallest absolute Gasteiger partial charge is 0.544 e. The van der Waals surface area contributed by atoms with Gasteiger partial charge in [-0.3, -0.25) is 0 Å². The van der Waals surface area contributed by atoms with Crippen LogP contribution in [0, 0.1) is 13.8 Å². The highest BCUT2D eigenvalue weighted by Crippen LogP contribution is 2.33. The van der Waals surface area contributed by atoms with Crippen LogP contribution in [-0.4, -0.2) is 39.8 Å². The molecule has 0 spiro atoms. The van der Waals surface area contributed by atoms with Gasteiger partial charge in [-0.05, 0) is 43.3 Å². The van der Waals surface area contributed by atoms with Gasteiger partial charge in [-0.2, -0.15) is 0 Å². The van der Waals surface area contributed by atoms with E-state index < -0.39 is 19.9 Å². The quantitative estimate of drug-likeness (QED) is 0.594. The second-order valence-electron chi connectivity index (χ2n) is 5.63. The predicted octanol–water partition coefficient (Wildman–Crippen LogP) is 2.14. The highest BCUT2D eigenvalue weighted by atomic mass is 19.3.